The first-order valence-electron chi connectivity index (χ1n) is 6.64. The molecule has 18 heavy (non-hydrogen) atoms. The molecule has 100 valence electrons. The molecule has 1 aromatic heterocycles. The third-order valence-corrected chi connectivity index (χ3v) is 3.88. The average Bonchev–Trinajstić information content (AvgIpc) is 2.68. The summed E-state index contributed by atoms with van der Waals surface area (Å²) in [5, 5.41) is 0. The van der Waals surface area contributed by atoms with Crippen molar-refractivity contribution in [2.45, 2.75) is 39.7 Å². The lowest BCUT2D eigenvalue weighted by Gasteiger charge is -2.36. The summed E-state index contributed by atoms with van der Waals surface area (Å²) in [4.78, 5) is 14.3. The van der Waals surface area contributed by atoms with Gasteiger partial charge in [-0.25, -0.2) is 0 Å². The molecule has 2 atom stereocenters. The van der Waals surface area contributed by atoms with E-state index in [1.165, 1.54) is 0 Å². The van der Waals surface area contributed by atoms with Gasteiger partial charge < -0.3 is 15.1 Å². The number of piperidine rings is 1. The van der Waals surface area contributed by atoms with E-state index >= 15 is 0 Å². The highest BCUT2D eigenvalue weighted by atomic mass is 16.3. The summed E-state index contributed by atoms with van der Waals surface area (Å²) >= 11 is 0. The SMILES string of the molecule is CCC1CN(C(=O)c2cc(C)oc2C)CCC1N. The number of hydrogen-bond acceptors (Lipinski definition) is 3. The fourth-order valence-electron chi connectivity index (χ4n) is 2.68. The summed E-state index contributed by atoms with van der Waals surface area (Å²) in [5.74, 6) is 1.99. The van der Waals surface area contributed by atoms with Gasteiger partial charge in [-0.15, -0.1) is 0 Å². The highest BCUT2D eigenvalue weighted by Gasteiger charge is 2.29. The van der Waals surface area contributed by atoms with Crippen LogP contribution in [0, 0.1) is 19.8 Å². The van der Waals surface area contributed by atoms with Crippen LogP contribution in [0.4, 0.5) is 0 Å². The second-order valence-electron chi connectivity index (χ2n) is 5.20. The Morgan fingerprint density at radius 2 is 2.28 bits per heavy atom. The molecule has 1 aliphatic heterocycles. The molecule has 0 aliphatic carbocycles. The van der Waals surface area contributed by atoms with Crippen LogP contribution >= 0.6 is 0 Å². The molecule has 0 saturated carbocycles. The maximum Gasteiger partial charge on any atom is 0.257 e. The third kappa shape index (κ3) is 2.43. The first-order valence-corrected chi connectivity index (χ1v) is 6.64. The van der Waals surface area contributed by atoms with Crippen LogP contribution in [0.15, 0.2) is 10.5 Å². The molecule has 2 N–H and O–H groups in total. The molecule has 2 heterocycles. The van der Waals surface area contributed by atoms with Crippen molar-refractivity contribution in [1.82, 2.24) is 4.90 Å². The highest BCUT2D eigenvalue weighted by Crippen LogP contribution is 2.22. The Morgan fingerprint density at radius 3 is 2.83 bits per heavy atom. The second kappa shape index (κ2) is 5.14. The van der Waals surface area contributed by atoms with Crippen LogP contribution in [0.2, 0.25) is 0 Å². The number of furan rings is 1. The van der Waals surface area contributed by atoms with Gasteiger partial charge in [-0.2, -0.15) is 0 Å². The minimum absolute atomic E-state index is 0.0784. The van der Waals surface area contributed by atoms with E-state index < -0.39 is 0 Å². The predicted molar refractivity (Wildman–Crippen MR) is 70.5 cm³/mol. The summed E-state index contributed by atoms with van der Waals surface area (Å²) in [6, 6.07) is 2.05. The van der Waals surface area contributed by atoms with E-state index in [2.05, 4.69) is 6.92 Å². The van der Waals surface area contributed by atoms with Gasteiger partial charge in [0.15, 0.2) is 0 Å². The fraction of sp³-hybridized carbons (Fsp3) is 0.643. The van der Waals surface area contributed by atoms with Crippen LogP contribution in [0.25, 0.3) is 0 Å². The summed E-state index contributed by atoms with van der Waals surface area (Å²) in [7, 11) is 0. The zero-order valence-corrected chi connectivity index (χ0v) is 11.4. The van der Waals surface area contributed by atoms with Crippen molar-refractivity contribution in [3.05, 3.63) is 23.2 Å². The number of carbonyl (C=O) groups excluding carboxylic acids is 1. The summed E-state index contributed by atoms with van der Waals surface area (Å²) in [5.41, 5.74) is 6.76. The van der Waals surface area contributed by atoms with Crippen molar-refractivity contribution >= 4 is 5.91 Å². The number of rotatable bonds is 2. The standard InChI is InChI=1S/C14H22N2O2/c1-4-11-8-16(6-5-13(11)15)14(17)12-7-9(2)18-10(12)3/h7,11,13H,4-6,8,15H2,1-3H3. The van der Waals surface area contributed by atoms with Gasteiger partial charge in [0, 0.05) is 19.1 Å². The van der Waals surface area contributed by atoms with E-state index in [0.717, 1.165) is 31.7 Å². The Labute approximate surface area is 108 Å². The quantitative estimate of drug-likeness (QED) is 0.874. The number of nitrogens with two attached hydrogens (primary N) is 1. The van der Waals surface area contributed by atoms with E-state index in [1.807, 2.05) is 24.8 Å². The molecule has 4 heteroatoms. The first kappa shape index (κ1) is 13.1. The van der Waals surface area contributed by atoms with E-state index in [9.17, 15) is 4.79 Å². The smallest absolute Gasteiger partial charge is 0.257 e. The van der Waals surface area contributed by atoms with Gasteiger partial charge in [-0.05, 0) is 32.3 Å². The molecule has 4 nitrogen and oxygen atoms in total. The van der Waals surface area contributed by atoms with Crippen LogP contribution in [0.5, 0.6) is 0 Å². The third-order valence-electron chi connectivity index (χ3n) is 3.88. The zero-order chi connectivity index (χ0) is 13.3. The van der Waals surface area contributed by atoms with Gasteiger partial charge in [0.25, 0.3) is 5.91 Å². The molecule has 0 aromatic carbocycles. The van der Waals surface area contributed by atoms with Crippen LogP contribution in [-0.4, -0.2) is 29.9 Å². The zero-order valence-electron chi connectivity index (χ0n) is 11.4. The maximum atomic E-state index is 12.4. The van der Waals surface area contributed by atoms with Gasteiger partial charge in [-0.3, -0.25) is 4.79 Å². The van der Waals surface area contributed by atoms with E-state index in [4.69, 9.17) is 10.2 Å². The van der Waals surface area contributed by atoms with Crippen molar-refractivity contribution in [1.29, 1.82) is 0 Å². The molecule has 0 spiro atoms. The second-order valence-corrected chi connectivity index (χ2v) is 5.20. The van der Waals surface area contributed by atoms with Crippen LogP contribution in [0.3, 0.4) is 0 Å². The normalized spacial score (nSPS) is 24.3. The Bertz CT molecular complexity index is 439. The minimum Gasteiger partial charge on any atom is -0.466 e. The number of nitrogens with zero attached hydrogens (tertiary/aromatic N) is 1. The van der Waals surface area contributed by atoms with E-state index in [0.29, 0.717) is 17.2 Å². The van der Waals surface area contributed by atoms with Crippen molar-refractivity contribution in [3.63, 3.8) is 0 Å². The molecule has 1 amide bonds. The molecule has 2 unspecified atom stereocenters. The van der Waals surface area contributed by atoms with E-state index in [1.54, 1.807) is 0 Å². The summed E-state index contributed by atoms with van der Waals surface area (Å²) in [6.45, 7) is 7.35. The minimum atomic E-state index is 0.0784. The molecule has 1 saturated heterocycles. The maximum absolute atomic E-state index is 12.4. The van der Waals surface area contributed by atoms with Crippen molar-refractivity contribution in [3.8, 4) is 0 Å². The van der Waals surface area contributed by atoms with Gasteiger partial charge in [0.2, 0.25) is 0 Å². The number of aryl methyl sites for hydroxylation is 2. The summed E-state index contributed by atoms with van der Waals surface area (Å²) < 4.78 is 5.43. The molecular weight excluding hydrogens is 228 g/mol. The van der Waals surface area contributed by atoms with Gasteiger partial charge in [0.1, 0.15) is 11.5 Å². The average molecular weight is 250 g/mol. The summed E-state index contributed by atoms with van der Waals surface area (Å²) in [6.07, 6.45) is 1.91. The van der Waals surface area contributed by atoms with Crippen molar-refractivity contribution in [2.75, 3.05) is 13.1 Å². The molecule has 1 aliphatic rings. The van der Waals surface area contributed by atoms with E-state index in [-0.39, 0.29) is 11.9 Å². The monoisotopic (exact) mass is 250 g/mol. The highest BCUT2D eigenvalue weighted by molar-refractivity contribution is 5.95. The predicted octanol–water partition coefficient (Wildman–Crippen LogP) is 2.10. The lowest BCUT2D eigenvalue weighted by atomic mass is 9.90. The topological polar surface area (TPSA) is 59.5 Å². The number of amides is 1. The molecule has 0 bridgehead atoms. The Morgan fingerprint density at radius 1 is 1.56 bits per heavy atom. The molecule has 0 radical (unpaired) electrons. The van der Waals surface area contributed by atoms with Crippen LogP contribution in [-0.2, 0) is 0 Å². The van der Waals surface area contributed by atoms with Crippen LogP contribution < -0.4 is 5.73 Å². The lowest BCUT2D eigenvalue weighted by molar-refractivity contribution is 0.0647. The number of hydrogen-bond donors (Lipinski definition) is 1. The molecular formula is C14H22N2O2. The largest absolute Gasteiger partial charge is 0.466 e. The first-order chi connectivity index (χ1) is 8.52. The molecule has 1 aromatic rings. The molecule has 2 rings (SSSR count). The Balaban J connectivity index is 2.12. The van der Waals surface area contributed by atoms with Crippen molar-refractivity contribution in [2.24, 2.45) is 11.7 Å². The number of carbonyl (C=O) groups is 1. The van der Waals surface area contributed by atoms with Crippen molar-refractivity contribution < 1.29 is 9.21 Å². The van der Waals surface area contributed by atoms with Crippen LogP contribution in [0.1, 0.15) is 41.6 Å². The number of likely N-dealkylation sites (tertiary alicyclic amines) is 1. The Hall–Kier alpha value is -1.29. The van der Waals surface area contributed by atoms with Gasteiger partial charge >= 0.3 is 0 Å². The fourth-order valence-corrected chi connectivity index (χ4v) is 2.68. The Kier molecular flexibility index (Phi) is 3.76. The van der Waals surface area contributed by atoms with Gasteiger partial charge in [0.05, 0.1) is 5.56 Å². The lowest BCUT2D eigenvalue weighted by Crippen LogP contribution is -2.49. The molecule has 1 fully saturated rings. The van der Waals surface area contributed by atoms with Gasteiger partial charge in [-0.1, -0.05) is 13.3 Å².